The van der Waals surface area contributed by atoms with E-state index in [9.17, 15) is 4.79 Å². The summed E-state index contributed by atoms with van der Waals surface area (Å²) in [5, 5.41) is 3.73. The molecule has 3 fully saturated rings. The van der Waals surface area contributed by atoms with Crippen molar-refractivity contribution >= 4 is 11.9 Å². The molecule has 1 N–H and O–H groups in total. The summed E-state index contributed by atoms with van der Waals surface area (Å²) in [7, 11) is 5.56. The number of nitrogens with zero attached hydrogens (tertiary/aromatic N) is 4. The number of piperazine rings is 1. The largest absolute Gasteiger partial charge is 0.353 e. The van der Waals surface area contributed by atoms with Crippen LogP contribution in [0.1, 0.15) is 44.9 Å². The van der Waals surface area contributed by atoms with Gasteiger partial charge in [0.15, 0.2) is 5.96 Å². The summed E-state index contributed by atoms with van der Waals surface area (Å²) in [6.07, 6.45) is 9.12. The summed E-state index contributed by atoms with van der Waals surface area (Å²) in [5.74, 6) is 3.13. The highest BCUT2D eigenvalue weighted by atomic mass is 16.2. The molecule has 1 saturated heterocycles. The van der Waals surface area contributed by atoms with E-state index in [0.29, 0.717) is 12.5 Å². The number of carbonyl (C=O) groups is 1. The molecule has 1 aliphatic heterocycles. The van der Waals surface area contributed by atoms with Gasteiger partial charge in [-0.15, -0.1) is 0 Å². The Labute approximate surface area is 159 Å². The number of guanidine groups is 1. The van der Waals surface area contributed by atoms with Crippen molar-refractivity contribution in [2.45, 2.75) is 51.0 Å². The summed E-state index contributed by atoms with van der Waals surface area (Å²) >= 11 is 0. The molecule has 0 bridgehead atoms. The first kappa shape index (κ1) is 19.5. The maximum absolute atomic E-state index is 11.8. The van der Waals surface area contributed by atoms with Crippen LogP contribution in [0.2, 0.25) is 0 Å². The van der Waals surface area contributed by atoms with Gasteiger partial charge >= 0.3 is 0 Å². The van der Waals surface area contributed by atoms with Crippen molar-refractivity contribution in [1.29, 1.82) is 0 Å². The lowest BCUT2D eigenvalue weighted by molar-refractivity contribution is -0.129. The second kappa shape index (κ2) is 9.07. The molecule has 0 spiro atoms. The van der Waals surface area contributed by atoms with Gasteiger partial charge in [-0.25, -0.2) is 0 Å². The van der Waals surface area contributed by atoms with Gasteiger partial charge in [0.2, 0.25) is 5.91 Å². The minimum absolute atomic E-state index is 0.215. The van der Waals surface area contributed by atoms with Crippen LogP contribution in [0.25, 0.3) is 0 Å². The van der Waals surface area contributed by atoms with Crippen LogP contribution in [0, 0.1) is 11.8 Å². The molecule has 0 radical (unpaired) electrons. The van der Waals surface area contributed by atoms with E-state index < -0.39 is 0 Å². The Kier molecular flexibility index (Phi) is 6.79. The minimum atomic E-state index is 0.215. The zero-order chi connectivity index (χ0) is 18.5. The van der Waals surface area contributed by atoms with Gasteiger partial charge in [0.1, 0.15) is 0 Å². The predicted molar refractivity (Wildman–Crippen MR) is 106 cm³/mol. The van der Waals surface area contributed by atoms with Crippen LogP contribution in [-0.4, -0.2) is 86.5 Å². The summed E-state index contributed by atoms with van der Waals surface area (Å²) in [4.78, 5) is 22.8. The molecule has 3 rings (SSSR count). The van der Waals surface area contributed by atoms with Crippen LogP contribution in [0.4, 0.5) is 0 Å². The van der Waals surface area contributed by atoms with Gasteiger partial charge in [-0.1, -0.05) is 32.1 Å². The molecular weight excluding hydrogens is 326 g/mol. The van der Waals surface area contributed by atoms with Crippen molar-refractivity contribution in [3.05, 3.63) is 0 Å². The molecule has 6 heteroatoms. The Balaban J connectivity index is 1.38. The van der Waals surface area contributed by atoms with E-state index in [1.54, 1.807) is 4.90 Å². The summed E-state index contributed by atoms with van der Waals surface area (Å²) in [6, 6.07) is 0.646. The number of hydrogen-bond acceptors (Lipinski definition) is 3. The topological polar surface area (TPSA) is 51.2 Å². The second-order valence-corrected chi connectivity index (χ2v) is 8.46. The van der Waals surface area contributed by atoms with Crippen LogP contribution in [-0.2, 0) is 4.79 Å². The van der Waals surface area contributed by atoms with Crippen LogP contribution in [0.15, 0.2) is 4.99 Å². The number of nitrogens with one attached hydrogen (secondary N) is 1. The Morgan fingerprint density at radius 3 is 2.42 bits per heavy atom. The van der Waals surface area contributed by atoms with E-state index in [1.165, 1.54) is 38.5 Å². The normalized spacial score (nSPS) is 28.1. The highest BCUT2D eigenvalue weighted by Gasteiger charge is 2.43. The lowest BCUT2D eigenvalue weighted by Crippen LogP contribution is -2.53. The molecule has 2 saturated carbocycles. The Bertz CT molecular complexity index is 492. The molecule has 148 valence electrons. The highest BCUT2D eigenvalue weighted by Crippen LogP contribution is 2.44. The molecule has 26 heavy (non-hydrogen) atoms. The average Bonchev–Trinajstić information content (AvgIpc) is 3.44. The van der Waals surface area contributed by atoms with Crippen molar-refractivity contribution in [1.82, 2.24) is 20.0 Å². The molecule has 6 nitrogen and oxygen atoms in total. The van der Waals surface area contributed by atoms with Gasteiger partial charge in [-0.3, -0.25) is 14.7 Å². The van der Waals surface area contributed by atoms with E-state index >= 15 is 0 Å². The standard InChI is InChI=1S/C20H37N5O/c1-21-20(22-18-15-17(18)16-7-5-4-6-8-16)25-13-11-24(12-14-25)10-9-19(26)23(2)3/h16-18H,4-15H2,1-3H3,(H,21,22). The lowest BCUT2D eigenvalue weighted by Gasteiger charge is -2.36. The quantitative estimate of drug-likeness (QED) is 0.596. The summed E-state index contributed by atoms with van der Waals surface area (Å²) < 4.78 is 0. The monoisotopic (exact) mass is 363 g/mol. The molecular formula is C20H37N5O. The zero-order valence-electron chi connectivity index (χ0n) is 16.9. The molecule has 3 aliphatic rings. The molecule has 2 unspecified atom stereocenters. The summed E-state index contributed by atoms with van der Waals surface area (Å²) in [6.45, 7) is 4.88. The third kappa shape index (κ3) is 5.12. The number of amides is 1. The van der Waals surface area contributed by atoms with Gasteiger partial charge in [0, 0.05) is 66.3 Å². The first-order valence-electron chi connectivity index (χ1n) is 10.5. The van der Waals surface area contributed by atoms with Crippen LogP contribution in [0.5, 0.6) is 0 Å². The zero-order valence-corrected chi connectivity index (χ0v) is 16.9. The van der Waals surface area contributed by atoms with E-state index in [4.69, 9.17) is 0 Å². The van der Waals surface area contributed by atoms with Crippen LogP contribution < -0.4 is 5.32 Å². The van der Waals surface area contributed by atoms with E-state index in [0.717, 1.165) is 50.5 Å². The lowest BCUT2D eigenvalue weighted by atomic mass is 9.85. The smallest absolute Gasteiger partial charge is 0.223 e. The molecule has 2 aliphatic carbocycles. The molecule has 1 heterocycles. The predicted octanol–water partition coefficient (Wildman–Crippen LogP) is 1.63. The van der Waals surface area contributed by atoms with Crippen molar-refractivity contribution in [2.75, 3.05) is 53.9 Å². The van der Waals surface area contributed by atoms with Crippen molar-refractivity contribution < 1.29 is 4.79 Å². The Morgan fingerprint density at radius 2 is 1.81 bits per heavy atom. The third-order valence-corrected chi connectivity index (χ3v) is 6.43. The molecule has 0 aromatic rings. The van der Waals surface area contributed by atoms with Crippen molar-refractivity contribution in [3.63, 3.8) is 0 Å². The molecule has 0 aromatic carbocycles. The molecule has 2 atom stereocenters. The minimum Gasteiger partial charge on any atom is -0.353 e. The van der Waals surface area contributed by atoms with E-state index in [-0.39, 0.29) is 5.91 Å². The maximum Gasteiger partial charge on any atom is 0.223 e. The van der Waals surface area contributed by atoms with Gasteiger partial charge in [0.25, 0.3) is 0 Å². The van der Waals surface area contributed by atoms with E-state index in [2.05, 4.69) is 20.1 Å². The Morgan fingerprint density at radius 1 is 1.12 bits per heavy atom. The van der Waals surface area contributed by atoms with Crippen LogP contribution in [0.3, 0.4) is 0 Å². The fraction of sp³-hybridized carbons (Fsp3) is 0.900. The fourth-order valence-corrected chi connectivity index (χ4v) is 4.59. The van der Waals surface area contributed by atoms with Crippen molar-refractivity contribution in [3.8, 4) is 0 Å². The number of hydrogen-bond donors (Lipinski definition) is 1. The maximum atomic E-state index is 11.8. The Hall–Kier alpha value is -1.30. The van der Waals surface area contributed by atoms with Gasteiger partial charge < -0.3 is 15.1 Å². The molecule has 0 aromatic heterocycles. The average molecular weight is 364 g/mol. The molecule has 1 amide bonds. The SMILES string of the molecule is CN=C(NC1CC1C1CCCCC1)N1CCN(CCC(=O)N(C)C)CC1. The highest BCUT2D eigenvalue weighted by molar-refractivity contribution is 5.80. The first-order chi connectivity index (χ1) is 12.6. The first-order valence-corrected chi connectivity index (χ1v) is 10.5. The fourth-order valence-electron chi connectivity index (χ4n) is 4.59. The van der Waals surface area contributed by atoms with Crippen molar-refractivity contribution in [2.24, 2.45) is 16.8 Å². The van der Waals surface area contributed by atoms with Gasteiger partial charge in [-0.2, -0.15) is 0 Å². The van der Waals surface area contributed by atoms with Gasteiger partial charge in [-0.05, 0) is 18.3 Å². The second-order valence-electron chi connectivity index (χ2n) is 8.46. The van der Waals surface area contributed by atoms with Crippen LogP contribution >= 0.6 is 0 Å². The summed E-state index contributed by atoms with van der Waals surface area (Å²) in [5.41, 5.74) is 0. The number of rotatable bonds is 5. The number of carbonyl (C=O) groups excluding carboxylic acids is 1. The third-order valence-electron chi connectivity index (χ3n) is 6.43. The number of aliphatic imine (C=N–C) groups is 1. The van der Waals surface area contributed by atoms with Gasteiger partial charge in [0.05, 0.1) is 0 Å². The van der Waals surface area contributed by atoms with E-state index in [1.807, 2.05) is 21.1 Å².